The summed E-state index contributed by atoms with van der Waals surface area (Å²) in [6.45, 7) is 3.93. The fourth-order valence-corrected chi connectivity index (χ4v) is 2.43. The molecule has 0 radical (unpaired) electrons. The molecule has 1 aliphatic carbocycles. The van der Waals surface area contributed by atoms with Crippen LogP contribution in [-0.2, 0) is 23.2 Å². The van der Waals surface area contributed by atoms with Crippen molar-refractivity contribution in [2.45, 2.75) is 20.4 Å². The maximum atomic E-state index is 11.9. The highest BCUT2D eigenvalue weighted by Crippen LogP contribution is 2.58. The van der Waals surface area contributed by atoms with Crippen LogP contribution in [0.15, 0.2) is 12.4 Å². The predicted octanol–water partition coefficient (Wildman–Crippen LogP) is 0.393. The van der Waals surface area contributed by atoms with E-state index in [9.17, 15) is 9.59 Å². The third-order valence-electron chi connectivity index (χ3n) is 3.72. The molecule has 1 aromatic rings. The summed E-state index contributed by atoms with van der Waals surface area (Å²) in [5.41, 5.74) is -0.461. The van der Waals surface area contributed by atoms with Crippen LogP contribution in [0.5, 0.6) is 0 Å². The number of amides is 1. The lowest BCUT2D eigenvalue weighted by Gasteiger charge is -2.06. The lowest BCUT2D eigenvalue weighted by molar-refractivity contribution is -0.140. The summed E-state index contributed by atoms with van der Waals surface area (Å²) < 4.78 is 1.81. The average Bonchev–Trinajstić information content (AvgIpc) is 2.62. The highest BCUT2D eigenvalue weighted by atomic mass is 16.4. The van der Waals surface area contributed by atoms with E-state index in [1.54, 1.807) is 26.2 Å². The van der Waals surface area contributed by atoms with Gasteiger partial charge in [0.2, 0.25) is 5.91 Å². The van der Waals surface area contributed by atoms with Crippen molar-refractivity contribution in [1.29, 1.82) is 0 Å². The van der Waals surface area contributed by atoms with Gasteiger partial charge in [0.1, 0.15) is 5.82 Å². The number of carboxylic acid groups (broad SMARTS) is 1. The molecule has 1 amide bonds. The van der Waals surface area contributed by atoms with E-state index in [2.05, 4.69) is 10.3 Å². The highest BCUT2D eigenvalue weighted by Gasteiger charge is 2.65. The monoisotopic (exact) mass is 251 g/mol. The Kier molecular flexibility index (Phi) is 2.88. The molecule has 2 unspecified atom stereocenters. The Morgan fingerprint density at radius 2 is 2.17 bits per heavy atom. The fourth-order valence-electron chi connectivity index (χ4n) is 2.43. The highest BCUT2D eigenvalue weighted by molar-refractivity contribution is 5.91. The first-order chi connectivity index (χ1) is 8.35. The number of hydrogen-bond acceptors (Lipinski definition) is 3. The number of rotatable bonds is 4. The van der Waals surface area contributed by atoms with Crippen molar-refractivity contribution in [2.75, 3.05) is 0 Å². The van der Waals surface area contributed by atoms with Gasteiger partial charge in [-0.05, 0) is 5.41 Å². The zero-order chi connectivity index (χ0) is 13.5. The second-order valence-corrected chi connectivity index (χ2v) is 5.29. The van der Waals surface area contributed by atoms with Crippen LogP contribution in [0.25, 0.3) is 0 Å². The van der Waals surface area contributed by atoms with Crippen molar-refractivity contribution in [3.8, 4) is 0 Å². The second-order valence-electron chi connectivity index (χ2n) is 5.29. The molecule has 18 heavy (non-hydrogen) atoms. The third-order valence-corrected chi connectivity index (χ3v) is 3.72. The molecule has 1 aliphatic rings. The minimum Gasteiger partial charge on any atom is -0.481 e. The van der Waals surface area contributed by atoms with Gasteiger partial charge < -0.3 is 15.0 Å². The molecule has 98 valence electrons. The molecule has 2 atom stereocenters. The van der Waals surface area contributed by atoms with Gasteiger partial charge in [-0.25, -0.2) is 4.98 Å². The Bertz CT molecular complexity index is 493. The summed E-state index contributed by atoms with van der Waals surface area (Å²) in [6.07, 6.45) is 3.45. The van der Waals surface area contributed by atoms with Gasteiger partial charge in [0.05, 0.1) is 18.4 Å². The summed E-state index contributed by atoms with van der Waals surface area (Å²) in [5.74, 6) is -1.41. The number of hydrogen-bond donors (Lipinski definition) is 2. The van der Waals surface area contributed by atoms with E-state index in [4.69, 9.17) is 5.11 Å². The van der Waals surface area contributed by atoms with Crippen LogP contribution in [0.2, 0.25) is 0 Å². The summed E-state index contributed by atoms with van der Waals surface area (Å²) in [5, 5.41) is 11.8. The first-order valence-corrected chi connectivity index (χ1v) is 5.82. The molecule has 1 fully saturated rings. The largest absolute Gasteiger partial charge is 0.481 e. The Balaban J connectivity index is 1.94. The molecule has 0 bridgehead atoms. The Hall–Kier alpha value is -1.85. The zero-order valence-corrected chi connectivity index (χ0v) is 10.7. The molecule has 6 nitrogen and oxygen atoms in total. The number of carboxylic acids is 1. The molecular formula is C12H17N3O3. The van der Waals surface area contributed by atoms with Crippen molar-refractivity contribution < 1.29 is 14.7 Å². The summed E-state index contributed by atoms with van der Waals surface area (Å²) in [6, 6.07) is 0. The SMILES string of the molecule is Cn1ccnc1CNC(=O)C1C(C(=O)O)C1(C)C. The first-order valence-electron chi connectivity index (χ1n) is 5.82. The van der Waals surface area contributed by atoms with Gasteiger partial charge in [-0.15, -0.1) is 0 Å². The van der Waals surface area contributed by atoms with E-state index >= 15 is 0 Å². The number of aromatic nitrogens is 2. The first kappa shape index (κ1) is 12.6. The predicted molar refractivity (Wildman–Crippen MR) is 63.5 cm³/mol. The average molecular weight is 251 g/mol. The number of nitrogens with zero attached hydrogens (tertiary/aromatic N) is 2. The Labute approximate surface area is 105 Å². The number of carbonyl (C=O) groups is 2. The zero-order valence-electron chi connectivity index (χ0n) is 10.7. The van der Waals surface area contributed by atoms with E-state index < -0.39 is 23.2 Å². The number of nitrogens with one attached hydrogen (secondary N) is 1. The molecule has 1 saturated carbocycles. The Morgan fingerprint density at radius 1 is 1.50 bits per heavy atom. The minimum atomic E-state index is -0.905. The van der Waals surface area contributed by atoms with E-state index in [1.165, 1.54) is 0 Å². The molecule has 2 rings (SSSR count). The van der Waals surface area contributed by atoms with Crippen LogP contribution >= 0.6 is 0 Å². The van der Waals surface area contributed by atoms with Crippen LogP contribution in [0.3, 0.4) is 0 Å². The number of carbonyl (C=O) groups excluding carboxylic acids is 1. The van der Waals surface area contributed by atoms with E-state index in [0.717, 1.165) is 5.82 Å². The molecule has 0 aliphatic heterocycles. The second kappa shape index (κ2) is 4.12. The molecule has 6 heteroatoms. The minimum absolute atomic E-state index is 0.213. The van der Waals surface area contributed by atoms with Gasteiger partial charge in [-0.2, -0.15) is 0 Å². The standard InChI is InChI=1S/C12H17N3O3/c1-12(2)8(9(12)11(17)18)10(16)14-6-7-13-4-5-15(7)3/h4-5,8-9H,6H2,1-3H3,(H,14,16)(H,17,18). The molecule has 2 N–H and O–H groups in total. The van der Waals surface area contributed by atoms with Gasteiger partial charge in [-0.3, -0.25) is 9.59 Å². The van der Waals surface area contributed by atoms with E-state index in [0.29, 0.717) is 6.54 Å². The molecule has 1 heterocycles. The van der Waals surface area contributed by atoms with E-state index in [-0.39, 0.29) is 5.91 Å². The topological polar surface area (TPSA) is 84.2 Å². The summed E-state index contributed by atoms with van der Waals surface area (Å²) in [4.78, 5) is 27.0. The summed E-state index contributed by atoms with van der Waals surface area (Å²) in [7, 11) is 1.84. The van der Waals surface area contributed by atoms with Crippen LogP contribution in [0, 0.1) is 17.3 Å². The maximum Gasteiger partial charge on any atom is 0.307 e. The van der Waals surface area contributed by atoms with Crippen molar-refractivity contribution in [2.24, 2.45) is 24.3 Å². The normalized spacial score (nSPS) is 24.6. The van der Waals surface area contributed by atoms with Crippen molar-refractivity contribution >= 4 is 11.9 Å². The summed E-state index contributed by atoms with van der Waals surface area (Å²) >= 11 is 0. The van der Waals surface area contributed by atoms with E-state index in [1.807, 2.05) is 11.6 Å². The van der Waals surface area contributed by atoms with Crippen LogP contribution < -0.4 is 5.32 Å². The lowest BCUT2D eigenvalue weighted by Crippen LogP contribution is -2.28. The van der Waals surface area contributed by atoms with Crippen LogP contribution in [0.4, 0.5) is 0 Å². The van der Waals surface area contributed by atoms with Crippen molar-refractivity contribution in [3.63, 3.8) is 0 Å². The van der Waals surface area contributed by atoms with Gasteiger partial charge in [0, 0.05) is 19.4 Å². The van der Waals surface area contributed by atoms with Gasteiger partial charge in [0.25, 0.3) is 0 Å². The van der Waals surface area contributed by atoms with Gasteiger partial charge >= 0.3 is 5.97 Å². The number of aliphatic carboxylic acids is 1. The van der Waals surface area contributed by atoms with Crippen molar-refractivity contribution in [1.82, 2.24) is 14.9 Å². The molecule has 1 aromatic heterocycles. The molecule has 0 saturated heterocycles. The van der Waals surface area contributed by atoms with Gasteiger partial charge in [-0.1, -0.05) is 13.8 Å². The Morgan fingerprint density at radius 3 is 2.61 bits per heavy atom. The quantitative estimate of drug-likeness (QED) is 0.811. The van der Waals surface area contributed by atoms with Gasteiger partial charge in [0.15, 0.2) is 0 Å². The van der Waals surface area contributed by atoms with Crippen LogP contribution in [0.1, 0.15) is 19.7 Å². The van der Waals surface area contributed by atoms with Crippen molar-refractivity contribution in [3.05, 3.63) is 18.2 Å². The number of aryl methyl sites for hydroxylation is 1. The maximum absolute atomic E-state index is 11.9. The lowest BCUT2D eigenvalue weighted by atomic mass is 10.1. The fraction of sp³-hybridized carbons (Fsp3) is 0.583. The molecular weight excluding hydrogens is 234 g/mol. The third kappa shape index (κ3) is 1.98. The van der Waals surface area contributed by atoms with Crippen LogP contribution in [-0.4, -0.2) is 26.5 Å². The molecule has 0 spiro atoms. The number of imidazole rings is 1. The smallest absolute Gasteiger partial charge is 0.307 e. The molecule has 0 aromatic carbocycles.